The van der Waals surface area contributed by atoms with Gasteiger partial charge in [0.1, 0.15) is 0 Å². The Labute approximate surface area is 107 Å². The Morgan fingerprint density at radius 2 is 1.88 bits per heavy atom. The monoisotopic (exact) mass is 254 g/mol. The van der Waals surface area contributed by atoms with Crippen molar-refractivity contribution >= 4 is 23.2 Å². The number of hydrogen-bond donors (Lipinski definition) is 0. The molecule has 2 aliphatic carbocycles. The predicted molar refractivity (Wildman–Crippen MR) is 69.1 cm³/mol. The average molecular weight is 255 g/mol. The number of rotatable bonds is 3. The average Bonchev–Trinajstić information content (AvgIpc) is 2.76. The van der Waals surface area contributed by atoms with Crippen LogP contribution in [-0.2, 0) is 6.42 Å². The fourth-order valence-electron chi connectivity index (χ4n) is 3.42. The highest BCUT2D eigenvalue weighted by Crippen LogP contribution is 2.60. The van der Waals surface area contributed by atoms with E-state index in [0.717, 1.165) is 29.2 Å². The fraction of sp³-hybridized carbons (Fsp3) is 0.571. The molecule has 2 saturated carbocycles. The van der Waals surface area contributed by atoms with Crippen LogP contribution in [0.5, 0.6) is 0 Å². The third-order valence-electron chi connectivity index (χ3n) is 4.26. The number of alkyl halides is 1. The molecule has 2 heteroatoms. The van der Waals surface area contributed by atoms with Gasteiger partial charge in [0.05, 0.1) is 0 Å². The van der Waals surface area contributed by atoms with Crippen LogP contribution >= 0.6 is 23.2 Å². The van der Waals surface area contributed by atoms with Crippen LogP contribution in [0.4, 0.5) is 0 Å². The Kier molecular flexibility index (Phi) is 2.89. The molecular weight excluding hydrogens is 239 g/mol. The van der Waals surface area contributed by atoms with Crippen LogP contribution in [0.25, 0.3) is 0 Å². The molecule has 0 bridgehead atoms. The quantitative estimate of drug-likeness (QED) is 0.696. The highest BCUT2D eigenvalue weighted by atomic mass is 35.5. The van der Waals surface area contributed by atoms with Gasteiger partial charge in [-0.05, 0) is 48.6 Å². The van der Waals surface area contributed by atoms with Crippen molar-refractivity contribution < 1.29 is 0 Å². The maximum Gasteiger partial charge on any atom is 0.0438 e. The lowest BCUT2D eigenvalue weighted by Crippen LogP contribution is -2.10. The standard InChI is InChI=1S/C14H16Cl2/c15-12-7-2-1-4-9(12)8-13(16)14-10-5-3-6-11(10)14/h1-2,4,7,10-11,13-14H,3,5-6,8H2. The molecule has 0 saturated heterocycles. The predicted octanol–water partition coefficient (Wildman–Crippen LogP) is 4.54. The number of halogens is 2. The van der Waals surface area contributed by atoms with Crippen molar-refractivity contribution in [1.82, 2.24) is 0 Å². The second kappa shape index (κ2) is 4.23. The molecule has 1 aromatic rings. The molecule has 2 fully saturated rings. The summed E-state index contributed by atoms with van der Waals surface area (Å²) in [6, 6.07) is 8.06. The molecule has 86 valence electrons. The Balaban J connectivity index is 1.65. The minimum Gasteiger partial charge on any atom is -0.122 e. The molecule has 3 unspecified atom stereocenters. The molecule has 3 rings (SSSR count). The SMILES string of the molecule is Clc1ccccc1CC(Cl)C1C2CCCC21. The molecule has 0 radical (unpaired) electrons. The van der Waals surface area contributed by atoms with E-state index in [1.165, 1.54) is 24.8 Å². The van der Waals surface area contributed by atoms with E-state index in [4.69, 9.17) is 23.2 Å². The molecular formula is C14H16Cl2. The molecule has 2 aliphatic rings. The van der Waals surface area contributed by atoms with Crippen molar-refractivity contribution in [2.45, 2.75) is 31.1 Å². The molecule has 0 nitrogen and oxygen atoms in total. The van der Waals surface area contributed by atoms with E-state index in [2.05, 4.69) is 6.07 Å². The summed E-state index contributed by atoms with van der Waals surface area (Å²) in [5.74, 6) is 2.64. The summed E-state index contributed by atoms with van der Waals surface area (Å²) < 4.78 is 0. The Morgan fingerprint density at radius 1 is 1.19 bits per heavy atom. The second-order valence-corrected chi connectivity index (χ2v) is 6.12. The van der Waals surface area contributed by atoms with E-state index < -0.39 is 0 Å². The van der Waals surface area contributed by atoms with Crippen molar-refractivity contribution in [3.63, 3.8) is 0 Å². The number of hydrogen-bond acceptors (Lipinski definition) is 0. The normalized spacial score (nSPS) is 33.5. The minimum atomic E-state index is 0.287. The van der Waals surface area contributed by atoms with Gasteiger partial charge in [0.15, 0.2) is 0 Å². The first kappa shape index (κ1) is 10.9. The summed E-state index contributed by atoms with van der Waals surface area (Å²) in [7, 11) is 0. The summed E-state index contributed by atoms with van der Waals surface area (Å²) in [5, 5.41) is 1.15. The Hall–Kier alpha value is -0.200. The lowest BCUT2D eigenvalue weighted by molar-refractivity contribution is 0.559. The maximum absolute atomic E-state index is 6.53. The van der Waals surface area contributed by atoms with Gasteiger partial charge in [0.2, 0.25) is 0 Å². The van der Waals surface area contributed by atoms with Crippen LogP contribution in [0.15, 0.2) is 24.3 Å². The summed E-state index contributed by atoms with van der Waals surface area (Å²) in [5.41, 5.74) is 1.20. The fourth-order valence-corrected chi connectivity index (χ4v) is 4.18. The van der Waals surface area contributed by atoms with Crippen LogP contribution in [0, 0.1) is 17.8 Å². The first-order chi connectivity index (χ1) is 7.77. The number of fused-ring (bicyclic) bond motifs is 1. The van der Waals surface area contributed by atoms with Gasteiger partial charge in [0.25, 0.3) is 0 Å². The van der Waals surface area contributed by atoms with Crippen molar-refractivity contribution in [1.29, 1.82) is 0 Å². The summed E-state index contributed by atoms with van der Waals surface area (Å²) in [6.45, 7) is 0. The molecule has 3 atom stereocenters. The van der Waals surface area contributed by atoms with Gasteiger partial charge < -0.3 is 0 Å². The van der Waals surface area contributed by atoms with E-state index in [1.807, 2.05) is 18.2 Å². The maximum atomic E-state index is 6.53. The molecule has 0 heterocycles. The molecule has 0 aliphatic heterocycles. The largest absolute Gasteiger partial charge is 0.122 e. The third-order valence-corrected chi connectivity index (χ3v) is 5.08. The zero-order valence-corrected chi connectivity index (χ0v) is 10.7. The zero-order chi connectivity index (χ0) is 11.1. The van der Waals surface area contributed by atoms with E-state index in [-0.39, 0.29) is 5.38 Å². The summed E-state index contributed by atoms with van der Waals surface area (Å²) >= 11 is 12.7. The Bertz CT molecular complexity index is 378. The first-order valence-electron chi connectivity index (χ1n) is 6.15. The lowest BCUT2D eigenvalue weighted by atomic mass is 10.0. The molecule has 0 aromatic heterocycles. The van der Waals surface area contributed by atoms with Crippen LogP contribution < -0.4 is 0 Å². The highest BCUT2D eigenvalue weighted by molar-refractivity contribution is 6.31. The van der Waals surface area contributed by atoms with Crippen LogP contribution in [-0.4, -0.2) is 5.38 Å². The lowest BCUT2D eigenvalue weighted by Gasteiger charge is -2.12. The van der Waals surface area contributed by atoms with Gasteiger partial charge >= 0.3 is 0 Å². The first-order valence-corrected chi connectivity index (χ1v) is 6.96. The van der Waals surface area contributed by atoms with Crippen LogP contribution in [0.1, 0.15) is 24.8 Å². The third kappa shape index (κ3) is 1.87. The minimum absolute atomic E-state index is 0.287. The molecule has 0 N–H and O–H groups in total. The van der Waals surface area contributed by atoms with E-state index in [9.17, 15) is 0 Å². The van der Waals surface area contributed by atoms with E-state index in [1.54, 1.807) is 0 Å². The molecule has 1 aromatic carbocycles. The van der Waals surface area contributed by atoms with E-state index >= 15 is 0 Å². The van der Waals surface area contributed by atoms with Gasteiger partial charge in [-0.2, -0.15) is 0 Å². The summed E-state index contributed by atoms with van der Waals surface area (Å²) in [6.07, 6.45) is 5.16. The van der Waals surface area contributed by atoms with Crippen molar-refractivity contribution in [3.05, 3.63) is 34.9 Å². The molecule has 0 amide bonds. The van der Waals surface area contributed by atoms with Crippen molar-refractivity contribution in [2.24, 2.45) is 17.8 Å². The van der Waals surface area contributed by atoms with Gasteiger partial charge in [-0.1, -0.05) is 36.2 Å². The number of benzene rings is 1. The van der Waals surface area contributed by atoms with Gasteiger partial charge in [-0.25, -0.2) is 0 Å². The highest BCUT2D eigenvalue weighted by Gasteiger charge is 2.55. The van der Waals surface area contributed by atoms with Crippen molar-refractivity contribution in [2.75, 3.05) is 0 Å². The molecule has 16 heavy (non-hydrogen) atoms. The topological polar surface area (TPSA) is 0 Å². The van der Waals surface area contributed by atoms with Crippen LogP contribution in [0.3, 0.4) is 0 Å². The zero-order valence-electron chi connectivity index (χ0n) is 9.20. The van der Waals surface area contributed by atoms with Gasteiger partial charge in [0, 0.05) is 10.4 Å². The summed E-state index contributed by atoms with van der Waals surface area (Å²) in [4.78, 5) is 0. The van der Waals surface area contributed by atoms with Gasteiger partial charge in [-0.3, -0.25) is 0 Å². The van der Waals surface area contributed by atoms with Crippen molar-refractivity contribution in [3.8, 4) is 0 Å². The smallest absolute Gasteiger partial charge is 0.0438 e. The van der Waals surface area contributed by atoms with E-state index in [0.29, 0.717) is 0 Å². The second-order valence-electron chi connectivity index (χ2n) is 5.15. The Morgan fingerprint density at radius 3 is 2.56 bits per heavy atom. The molecule has 0 spiro atoms. The van der Waals surface area contributed by atoms with Crippen LogP contribution in [0.2, 0.25) is 5.02 Å². The van der Waals surface area contributed by atoms with Gasteiger partial charge in [-0.15, -0.1) is 11.6 Å².